The van der Waals surface area contributed by atoms with Crippen LogP contribution in [-0.2, 0) is 4.74 Å². The van der Waals surface area contributed by atoms with Crippen LogP contribution in [-0.4, -0.2) is 49.8 Å². The highest BCUT2D eigenvalue weighted by Gasteiger charge is 2.25. The van der Waals surface area contributed by atoms with Crippen LogP contribution in [0.3, 0.4) is 0 Å². The molecule has 1 heterocycles. The molecule has 1 saturated heterocycles. The van der Waals surface area contributed by atoms with Gasteiger partial charge in [-0.1, -0.05) is 0 Å². The molecule has 3 nitrogen and oxygen atoms in total. The van der Waals surface area contributed by atoms with Gasteiger partial charge in [0, 0.05) is 25.2 Å². The molecule has 0 radical (unpaired) electrons. The lowest BCUT2D eigenvalue weighted by atomic mass is 10.0. The molecule has 0 spiro atoms. The molecular weight excluding hydrogens is 188 g/mol. The van der Waals surface area contributed by atoms with E-state index in [0.717, 1.165) is 13.2 Å². The van der Waals surface area contributed by atoms with E-state index in [2.05, 4.69) is 31.0 Å². The number of likely N-dealkylation sites (N-methyl/N-ethyl adjacent to an activating group) is 1. The largest absolute Gasteiger partial charge is 0.377 e. The second kappa shape index (κ2) is 6.46. The van der Waals surface area contributed by atoms with Gasteiger partial charge in [-0.25, -0.2) is 0 Å². The number of nitrogens with zero attached hydrogens (tertiary/aromatic N) is 1. The Kier molecular flexibility index (Phi) is 5.58. The minimum absolute atomic E-state index is 0.454. The van der Waals surface area contributed by atoms with Crippen LogP contribution >= 0.6 is 0 Å². The standard InChI is InChI=1S/C12H26N2O/c1-5-15-12-7-6-8-14(9-12)11(3)10(2)13-4/h10-13H,5-9H2,1-4H3. The maximum Gasteiger partial charge on any atom is 0.0702 e. The Balaban J connectivity index is 2.41. The first kappa shape index (κ1) is 12.9. The minimum atomic E-state index is 0.454. The molecule has 1 fully saturated rings. The third kappa shape index (κ3) is 3.74. The molecule has 0 aromatic carbocycles. The van der Waals surface area contributed by atoms with Crippen LogP contribution < -0.4 is 5.32 Å². The van der Waals surface area contributed by atoms with E-state index in [1.807, 2.05) is 7.05 Å². The molecule has 1 N–H and O–H groups in total. The summed E-state index contributed by atoms with van der Waals surface area (Å²) in [5.74, 6) is 0. The highest BCUT2D eigenvalue weighted by Crippen LogP contribution is 2.16. The van der Waals surface area contributed by atoms with Crippen molar-refractivity contribution in [1.82, 2.24) is 10.2 Å². The molecule has 0 bridgehead atoms. The molecule has 1 aliphatic rings. The van der Waals surface area contributed by atoms with Crippen molar-refractivity contribution in [3.63, 3.8) is 0 Å². The van der Waals surface area contributed by atoms with Crippen molar-refractivity contribution < 1.29 is 4.74 Å². The quantitative estimate of drug-likeness (QED) is 0.750. The molecule has 3 atom stereocenters. The van der Waals surface area contributed by atoms with Gasteiger partial charge in [0.1, 0.15) is 0 Å². The van der Waals surface area contributed by atoms with Crippen molar-refractivity contribution in [1.29, 1.82) is 0 Å². The smallest absolute Gasteiger partial charge is 0.0702 e. The first-order chi connectivity index (χ1) is 7.19. The Morgan fingerprint density at radius 3 is 2.80 bits per heavy atom. The number of hydrogen-bond acceptors (Lipinski definition) is 3. The minimum Gasteiger partial charge on any atom is -0.377 e. The monoisotopic (exact) mass is 214 g/mol. The zero-order chi connectivity index (χ0) is 11.3. The van der Waals surface area contributed by atoms with Crippen LogP contribution in [0, 0.1) is 0 Å². The van der Waals surface area contributed by atoms with E-state index < -0.39 is 0 Å². The summed E-state index contributed by atoms with van der Waals surface area (Å²) in [4.78, 5) is 2.55. The molecule has 0 amide bonds. The highest BCUT2D eigenvalue weighted by atomic mass is 16.5. The summed E-state index contributed by atoms with van der Waals surface area (Å²) < 4.78 is 5.71. The molecule has 0 saturated carbocycles. The van der Waals surface area contributed by atoms with E-state index in [1.54, 1.807) is 0 Å². The fraction of sp³-hybridized carbons (Fsp3) is 1.00. The van der Waals surface area contributed by atoms with Crippen molar-refractivity contribution in [3.05, 3.63) is 0 Å². The number of ether oxygens (including phenoxy) is 1. The predicted molar refractivity (Wildman–Crippen MR) is 64.2 cm³/mol. The van der Waals surface area contributed by atoms with Crippen LogP contribution in [0.2, 0.25) is 0 Å². The molecule has 0 aromatic rings. The number of piperidine rings is 1. The second-order valence-electron chi connectivity index (χ2n) is 4.53. The van der Waals surface area contributed by atoms with Gasteiger partial charge < -0.3 is 10.1 Å². The summed E-state index contributed by atoms with van der Waals surface area (Å²) in [6, 6.07) is 1.14. The van der Waals surface area contributed by atoms with Crippen molar-refractivity contribution in [3.8, 4) is 0 Å². The van der Waals surface area contributed by atoms with Gasteiger partial charge in [0.05, 0.1) is 6.10 Å². The molecule has 3 heteroatoms. The second-order valence-corrected chi connectivity index (χ2v) is 4.53. The maximum absolute atomic E-state index is 5.71. The third-order valence-corrected chi connectivity index (χ3v) is 3.57. The average molecular weight is 214 g/mol. The summed E-state index contributed by atoms with van der Waals surface area (Å²) >= 11 is 0. The van der Waals surface area contributed by atoms with Gasteiger partial charge in [0.15, 0.2) is 0 Å². The first-order valence-electron chi connectivity index (χ1n) is 6.22. The van der Waals surface area contributed by atoms with Crippen LogP contribution in [0.4, 0.5) is 0 Å². The van der Waals surface area contributed by atoms with Gasteiger partial charge in [0.2, 0.25) is 0 Å². The van der Waals surface area contributed by atoms with E-state index in [9.17, 15) is 0 Å². The average Bonchev–Trinajstić information content (AvgIpc) is 2.28. The molecule has 90 valence electrons. The molecule has 0 aliphatic carbocycles. The van der Waals surface area contributed by atoms with Gasteiger partial charge in [-0.05, 0) is 47.2 Å². The molecule has 0 aromatic heterocycles. The van der Waals surface area contributed by atoms with Crippen molar-refractivity contribution in [2.75, 3.05) is 26.7 Å². The Hall–Kier alpha value is -0.120. The molecule has 1 aliphatic heterocycles. The van der Waals surface area contributed by atoms with Gasteiger partial charge in [-0.15, -0.1) is 0 Å². The van der Waals surface area contributed by atoms with Gasteiger partial charge >= 0.3 is 0 Å². The molecule has 3 unspecified atom stereocenters. The lowest BCUT2D eigenvalue weighted by Gasteiger charge is -2.38. The zero-order valence-corrected chi connectivity index (χ0v) is 10.6. The lowest BCUT2D eigenvalue weighted by Crippen LogP contribution is -2.51. The lowest BCUT2D eigenvalue weighted by molar-refractivity contribution is -0.00874. The summed E-state index contributed by atoms with van der Waals surface area (Å²) in [5.41, 5.74) is 0. The number of nitrogens with one attached hydrogen (secondary N) is 1. The Morgan fingerprint density at radius 1 is 1.47 bits per heavy atom. The number of hydrogen-bond donors (Lipinski definition) is 1. The SMILES string of the molecule is CCOC1CCCN(C(C)C(C)NC)C1. The van der Waals surface area contributed by atoms with Crippen molar-refractivity contribution in [2.45, 2.75) is 51.8 Å². The van der Waals surface area contributed by atoms with E-state index in [1.165, 1.54) is 19.4 Å². The van der Waals surface area contributed by atoms with Crippen LogP contribution in [0.15, 0.2) is 0 Å². The Morgan fingerprint density at radius 2 is 2.20 bits per heavy atom. The van der Waals surface area contributed by atoms with E-state index in [-0.39, 0.29) is 0 Å². The zero-order valence-electron chi connectivity index (χ0n) is 10.6. The van der Waals surface area contributed by atoms with Crippen molar-refractivity contribution >= 4 is 0 Å². The molecule has 15 heavy (non-hydrogen) atoms. The fourth-order valence-electron chi connectivity index (χ4n) is 2.27. The summed E-state index contributed by atoms with van der Waals surface area (Å²) in [6.45, 7) is 9.79. The maximum atomic E-state index is 5.71. The van der Waals surface area contributed by atoms with Crippen LogP contribution in [0.1, 0.15) is 33.6 Å². The van der Waals surface area contributed by atoms with E-state index >= 15 is 0 Å². The third-order valence-electron chi connectivity index (χ3n) is 3.57. The highest BCUT2D eigenvalue weighted by molar-refractivity contribution is 4.82. The number of rotatable bonds is 5. The summed E-state index contributed by atoms with van der Waals surface area (Å²) in [6.07, 6.45) is 2.95. The van der Waals surface area contributed by atoms with Crippen LogP contribution in [0.25, 0.3) is 0 Å². The Labute approximate surface area is 94.2 Å². The first-order valence-corrected chi connectivity index (χ1v) is 6.22. The Bertz CT molecular complexity index is 173. The summed E-state index contributed by atoms with van der Waals surface area (Å²) in [5, 5.41) is 3.33. The van der Waals surface area contributed by atoms with Crippen molar-refractivity contribution in [2.24, 2.45) is 0 Å². The fourth-order valence-corrected chi connectivity index (χ4v) is 2.27. The number of likely N-dealkylation sites (tertiary alicyclic amines) is 1. The van der Waals surface area contributed by atoms with Gasteiger partial charge in [0.25, 0.3) is 0 Å². The topological polar surface area (TPSA) is 24.5 Å². The molecule has 1 rings (SSSR count). The van der Waals surface area contributed by atoms with Gasteiger partial charge in [-0.3, -0.25) is 4.90 Å². The predicted octanol–water partition coefficient (Wildman–Crippen LogP) is 1.48. The van der Waals surface area contributed by atoms with Gasteiger partial charge in [-0.2, -0.15) is 0 Å². The van der Waals surface area contributed by atoms with Crippen LogP contribution in [0.5, 0.6) is 0 Å². The normalized spacial score (nSPS) is 27.6. The van der Waals surface area contributed by atoms with E-state index in [4.69, 9.17) is 4.74 Å². The summed E-state index contributed by atoms with van der Waals surface area (Å²) in [7, 11) is 2.03. The van der Waals surface area contributed by atoms with E-state index in [0.29, 0.717) is 18.2 Å². The molecular formula is C12H26N2O.